The van der Waals surface area contributed by atoms with Crippen molar-refractivity contribution in [2.45, 2.75) is 31.9 Å². The van der Waals surface area contributed by atoms with E-state index in [4.69, 9.17) is 17.3 Å². The molecule has 90 valence electrons. The van der Waals surface area contributed by atoms with Crippen LogP contribution in [-0.2, 0) is 0 Å². The second-order valence-electron chi connectivity index (χ2n) is 3.64. The monoisotopic (exact) mass is 249 g/mol. The molecule has 0 aliphatic rings. The largest absolute Gasteiger partial charge is 0.391 e. The molecule has 1 aromatic rings. The van der Waals surface area contributed by atoms with Gasteiger partial charge >= 0.3 is 0 Å². The molecule has 16 heavy (non-hydrogen) atoms. The quantitative estimate of drug-likeness (QED) is 0.806. The van der Waals surface area contributed by atoms with Crippen LogP contribution in [0.25, 0.3) is 0 Å². The van der Waals surface area contributed by atoms with Crippen LogP contribution >= 0.6 is 11.6 Å². The van der Waals surface area contributed by atoms with Gasteiger partial charge in [0.25, 0.3) is 0 Å². The Kier molecular flexibility index (Phi) is 4.65. The van der Waals surface area contributed by atoms with Gasteiger partial charge in [-0.3, -0.25) is 0 Å². The first kappa shape index (κ1) is 13.4. The summed E-state index contributed by atoms with van der Waals surface area (Å²) in [7, 11) is 0. The van der Waals surface area contributed by atoms with Gasteiger partial charge in [0, 0.05) is 5.56 Å². The van der Waals surface area contributed by atoms with E-state index in [0.29, 0.717) is 12.8 Å². The van der Waals surface area contributed by atoms with Crippen LogP contribution in [0.3, 0.4) is 0 Å². The van der Waals surface area contributed by atoms with Gasteiger partial charge in [0.1, 0.15) is 11.6 Å². The molecule has 0 bridgehead atoms. The number of hydrogen-bond donors (Lipinski definition) is 2. The Morgan fingerprint density at radius 3 is 2.62 bits per heavy atom. The van der Waals surface area contributed by atoms with E-state index in [-0.39, 0.29) is 10.6 Å². The van der Waals surface area contributed by atoms with Crippen LogP contribution in [0, 0.1) is 11.6 Å². The number of halogens is 3. The third-order valence-corrected chi connectivity index (χ3v) is 2.70. The van der Waals surface area contributed by atoms with Gasteiger partial charge in [0.05, 0.1) is 17.2 Å². The fourth-order valence-electron chi connectivity index (χ4n) is 1.52. The summed E-state index contributed by atoms with van der Waals surface area (Å²) in [6.07, 6.45) is 0.0815. The molecule has 3 N–H and O–H groups in total. The fraction of sp³-hybridized carbons (Fsp3) is 0.455. The van der Waals surface area contributed by atoms with Crippen molar-refractivity contribution in [2.24, 2.45) is 5.73 Å². The molecule has 0 aliphatic carbocycles. The summed E-state index contributed by atoms with van der Waals surface area (Å²) >= 11 is 5.53. The van der Waals surface area contributed by atoms with Crippen molar-refractivity contribution in [1.29, 1.82) is 0 Å². The third kappa shape index (κ3) is 2.70. The topological polar surface area (TPSA) is 46.2 Å². The first-order chi connectivity index (χ1) is 7.49. The second-order valence-corrected chi connectivity index (χ2v) is 4.05. The minimum absolute atomic E-state index is 0.199. The molecule has 1 aromatic carbocycles. The van der Waals surface area contributed by atoms with Gasteiger partial charge in [-0.1, -0.05) is 24.9 Å². The highest BCUT2D eigenvalue weighted by Gasteiger charge is 2.24. The molecule has 0 amide bonds. The van der Waals surface area contributed by atoms with E-state index in [0.717, 1.165) is 12.1 Å². The summed E-state index contributed by atoms with van der Waals surface area (Å²) in [6, 6.07) is 1.06. The number of rotatable bonds is 4. The van der Waals surface area contributed by atoms with Crippen LogP contribution in [0.2, 0.25) is 5.02 Å². The Morgan fingerprint density at radius 1 is 1.44 bits per heavy atom. The van der Waals surface area contributed by atoms with Gasteiger partial charge in [0.15, 0.2) is 0 Å². The van der Waals surface area contributed by atoms with Gasteiger partial charge in [-0.25, -0.2) is 8.78 Å². The summed E-state index contributed by atoms with van der Waals surface area (Å²) in [4.78, 5) is 0. The standard InChI is InChI=1S/C11H14ClF2NO/c1-2-3-8(16)11(15)9-7(13)5-4-6(12)10(9)14/h4-5,8,11,16H,2-3,15H2,1H3/t8-,11-/m1/s1. The van der Waals surface area contributed by atoms with Crippen molar-refractivity contribution in [3.05, 3.63) is 34.4 Å². The zero-order valence-corrected chi connectivity index (χ0v) is 9.64. The van der Waals surface area contributed by atoms with Gasteiger partial charge in [0.2, 0.25) is 0 Å². The molecule has 2 nitrogen and oxygen atoms in total. The Bertz CT molecular complexity index is 373. The minimum Gasteiger partial charge on any atom is -0.391 e. The highest BCUT2D eigenvalue weighted by molar-refractivity contribution is 6.30. The maximum absolute atomic E-state index is 13.6. The Morgan fingerprint density at radius 2 is 2.06 bits per heavy atom. The predicted molar refractivity (Wildman–Crippen MR) is 59.2 cm³/mol. The van der Waals surface area contributed by atoms with E-state index in [1.807, 2.05) is 6.92 Å². The van der Waals surface area contributed by atoms with E-state index >= 15 is 0 Å². The second kappa shape index (κ2) is 5.57. The van der Waals surface area contributed by atoms with Crippen molar-refractivity contribution in [3.63, 3.8) is 0 Å². The molecule has 0 saturated carbocycles. The number of aliphatic hydroxyl groups is 1. The van der Waals surface area contributed by atoms with Crippen molar-refractivity contribution in [1.82, 2.24) is 0 Å². The molecule has 2 atom stereocenters. The van der Waals surface area contributed by atoms with Crippen molar-refractivity contribution in [3.8, 4) is 0 Å². The van der Waals surface area contributed by atoms with E-state index < -0.39 is 23.8 Å². The fourth-order valence-corrected chi connectivity index (χ4v) is 1.68. The van der Waals surface area contributed by atoms with Gasteiger partial charge < -0.3 is 10.8 Å². The van der Waals surface area contributed by atoms with Gasteiger partial charge in [-0.05, 0) is 18.6 Å². The zero-order valence-electron chi connectivity index (χ0n) is 8.88. The summed E-state index contributed by atoms with van der Waals surface area (Å²) < 4.78 is 26.9. The van der Waals surface area contributed by atoms with E-state index in [2.05, 4.69) is 0 Å². The SMILES string of the molecule is CCC[C@@H](O)[C@@H](N)c1c(F)ccc(Cl)c1F. The van der Waals surface area contributed by atoms with Crippen LogP contribution in [0.15, 0.2) is 12.1 Å². The molecule has 1 rings (SSSR count). The van der Waals surface area contributed by atoms with E-state index in [1.54, 1.807) is 0 Å². The lowest BCUT2D eigenvalue weighted by Gasteiger charge is -2.20. The van der Waals surface area contributed by atoms with Crippen LogP contribution < -0.4 is 5.73 Å². The number of benzene rings is 1. The lowest BCUT2D eigenvalue weighted by molar-refractivity contribution is 0.131. The summed E-state index contributed by atoms with van der Waals surface area (Å²) in [6.45, 7) is 1.85. The minimum atomic E-state index is -1.10. The molecule has 5 heteroatoms. The van der Waals surface area contributed by atoms with Crippen LogP contribution in [0.1, 0.15) is 31.4 Å². The van der Waals surface area contributed by atoms with Gasteiger partial charge in [-0.2, -0.15) is 0 Å². The average molecular weight is 250 g/mol. The summed E-state index contributed by atoms with van der Waals surface area (Å²) in [5.41, 5.74) is 5.25. The summed E-state index contributed by atoms with van der Waals surface area (Å²) in [5.74, 6) is -1.69. The molecule has 0 spiro atoms. The molecule has 0 fully saturated rings. The number of hydrogen-bond acceptors (Lipinski definition) is 2. The lowest BCUT2D eigenvalue weighted by Crippen LogP contribution is -2.28. The third-order valence-electron chi connectivity index (χ3n) is 2.41. The van der Waals surface area contributed by atoms with Crippen LogP contribution in [-0.4, -0.2) is 11.2 Å². The molecule has 0 radical (unpaired) electrons. The molecule has 0 aliphatic heterocycles. The van der Waals surface area contributed by atoms with Crippen molar-refractivity contribution < 1.29 is 13.9 Å². The molecule has 0 heterocycles. The van der Waals surface area contributed by atoms with E-state index in [9.17, 15) is 13.9 Å². The first-order valence-corrected chi connectivity index (χ1v) is 5.43. The molecule has 0 unspecified atom stereocenters. The Balaban J connectivity index is 3.07. The first-order valence-electron chi connectivity index (χ1n) is 5.06. The Labute approximate surface area is 98.0 Å². The molecule has 0 saturated heterocycles. The van der Waals surface area contributed by atoms with E-state index in [1.165, 1.54) is 0 Å². The normalized spacial score (nSPS) is 14.9. The predicted octanol–water partition coefficient (Wildman–Crippen LogP) is 2.78. The van der Waals surface area contributed by atoms with Crippen LogP contribution in [0.5, 0.6) is 0 Å². The number of nitrogens with two attached hydrogens (primary N) is 1. The summed E-state index contributed by atoms with van der Waals surface area (Å²) in [5, 5.41) is 9.41. The molecular weight excluding hydrogens is 236 g/mol. The molecule has 0 aromatic heterocycles. The van der Waals surface area contributed by atoms with Gasteiger partial charge in [-0.15, -0.1) is 0 Å². The Hall–Kier alpha value is -0.710. The highest BCUT2D eigenvalue weighted by Crippen LogP contribution is 2.27. The van der Waals surface area contributed by atoms with Crippen LogP contribution in [0.4, 0.5) is 8.78 Å². The zero-order chi connectivity index (χ0) is 12.3. The highest BCUT2D eigenvalue weighted by atomic mass is 35.5. The molecular formula is C11H14ClF2NO. The average Bonchev–Trinajstić information content (AvgIpc) is 2.24. The van der Waals surface area contributed by atoms with Crippen molar-refractivity contribution in [2.75, 3.05) is 0 Å². The maximum atomic E-state index is 13.6. The number of aliphatic hydroxyl groups excluding tert-OH is 1. The maximum Gasteiger partial charge on any atom is 0.149 e. The lowest BCUT2D eigenvalue weighted by atomic mass is 9.98. The van der Waals surface area contributed by atoms with Crippen molar-refractivity contribution >= 4 is 11.6 Å². The smallest absolute Gasteiger partial charge is 0.149 e.